The maximum atomic E-state index is 14.0. The van der Waals surface area contributed by atoms with Gasteiger partial charge >= 0.3 is 0 Å². The van der Waals surface area contributed by atoms with Crippen molar-refractivity contribution in [2.24, 2.45) is 11.8 Å². The molecular weight excluding hydrogens is 524 g/mol. The quantitative estimate of drug-likeness (QED) is 0.356. The average Bonchev–Trinajstić information content (AvgIpc) is 3.57. The molecule has 0 bridgehead atoms. The smallest absolute Gasteiger partial charge is 0.240 e. The van der Waals surface area contributed by atoms with Crippen LogP contribution in [0.2, 0.25) is 0 Å². The lowest BCUT2D eigenvalue weighted by Crippen LogP contribution is -2.44. The maximum Gasteiger partial charge on any atom is 0.240 e. The van der Waals surface area contributed by atoms with E-state index in [1.165, 1.54) is 4.90 Å². The number of ketones is 1. The van der Waals surface area contributed by atoms with Gasteiger partial charge in [0.05, 0.1) is 23.6 Å². The van der Waals surface area contributed by atoms with E-state index in [0.717, 1.165) is 15.6 Å². The molecule has 7 nitrogen and oxygen atoms in total. The summed E-state index contributed by atoms with van der Waals surface area (Å²) >= 11 is 3.41. The third-order valence-electron chi connectivity index (χ3n) is 7.47. The minimum atomic E-state index is -0.820. The number of fused-ring (bicyclic) bond motifs is 6. The Morgan fingerprint density at radius 2 is 1.64 bits per heavy atom. The van der Waals surface area contributed by atoms with Crippen LogP contribution < -0.4 is 14.4 Å². The van der Waals surface area contributed by atoms with Gasteiger partial charge in [-0.1, -0.05) is 52.3 Å². The van der Waals surface area contributed by atoms with E-state index in [0.29, 0.717) is 22.7 Å². The molecule has 0 saturated carbocycles. The SMILES string of the molecule is O=C(c1ccc(Br)cc1)[C@@H]1[C@@H]2C(=O)N(c3ccc4c(c3)OCO4)C(=O)[C@H]2[C@H]2c3ccccc3C=CN12. The van der Waals surface area contributed by atoms with Gasteiger partial charge in [-0.05, 0) is 41.5 Å². The van der Waals surface area contributed by atoms with Crippen LogP contribution in [0.15, 0.2) is 77.4 Å². The zero-order valence-electron chi connectivity index (χ0n) is 18.8. The molecule has 0 radical (unpaired) electrons. The Balaban J connectivity index is 1.36. The molecule has 8 heteroatoms. The molecule has 0 unspecified atom stereocenters. The fraction of sp³-hybridized carbons (Fsp3) is 0.179. The molecule has 2 fully saturated rings. The van der Waals surface area contributed by atoms with Crippen LogP contribution in [-0.4, -0.2) is 35.3 Å². The van der Waals surface area contributed by atoms with Gasteiger partial charge in [0.15, 0.2) is 17.3 Å². The number of carbonyl (C=O) groups excluding carboxylic acids is 3. The summed E-state index contributed by atoms with van der Waals surface area (Å²) in [6.07, 6.45) is 3.80. The first-order valence-corrected chi connectivity index (χ1v) is 12.4. The van der Waals surface area contributed by atoms with Crippen molar-refractivity contribution in [2.75, 3.05) is 11.7 Å². The van der Waals surface area contributed by atoms with Gasteiger partial charge in [0.2, 0.25) is 18.6 Å². The lowest BCUT2D eigenvalue weighted by molar-refractivity contribution is -0.123. The second-order valence-electron chi connectivity index (χ2n) is 9.25. The Hall–Kier alpha value is -3.91. The molecular formula is C28H19BrN2O5. The van der Waals surface area contributed by atoms with Gasteiger partial charge in [0.1, 0.15) is 6.04 Å². The average molecular weight is 543 g/mol. The molecule has 3 aromatic rings. The lowest BCUT2D eigenvalue weighted by Gasteiger charge is -2.35. The summed E-state index contributed by atoms with van der Waals surface area (Å²) in [5.41, 5.74) is 2.84. The molecule has 4 heterocycles. The Morgan fingerprint density at radius 1 is 0.889 bits per heavy atom. The normalized spacial score (nSPS) is 25.1. The first-order chi connectivity index (χ1) is 17.5. The van der Waals surface area contributed by atoms with Gasteiger partial charge in [-0.15, -0.1) is 0 Å². The monoisotopic (exact) mass is 542 g/mol. The van der Waals surface area contributed by atoms with Gasteiger partial charge in [-0.25, -0.2) is 4.90 Å². The van der Waals surface area contributed by atoms with Crippen molar-refractivity contribution in [2.45, 2.75) is 12.1 Å². The van der Waals surface area contributed by atoms with E-state index in [1.807, 2.05) is 41.4 Å². The number of amides is 2. The molecule has 2 saturated heterocycles. The fourth-order valence-electron chi connectivity index (χ4n) is 5.92. The van der Waals surface area contributed by atoms with Crippen LogP contribution in [0.5, 0.6) is 11.5 Å². The zero-order chi connectivity index (χ0) is 24.6. The molecule has 4 atom stereocenters. The van der Waals surface area contributed by atoms with Crippen molar-refractivity contribution in [1.29, 1.82) is 0 Å². The van der Waals surface area contributed by atoms with Crippen molar-refractivity contribution in [3.05, 3.63) is 94.1 Å². The Bertz CT molecular complexity index is 1480. The fourth-order valence-corrected chi connectivity index (χ4v) is 6.19. The number of ether oxygens (including phenoxy) is 2. The van der Waals surface area contributed by atoms with Gasteiger partial charge in [0, 0.05) is 22.3 Å². The van der Waals surface area contributed by atoms with Crippen molar-refractivity contribution in [1.82, 2.24) is 4.90 Å². The van der Waals surface area contributed by atoms with Crippen molar-refractivity contribution >= 4 is 45.3 Å². The molecule has 4 aliphatic heterocycles. The molecule has 0 aliphatic carbocycles. The summed E-state index contributed by atoms with van der Waals surface area (Å²) in [6.45, 7) is 0.0931. The summed E-state index contributed by atoms with van der Waals surface area (Å²) in [5.74, 6) is -1.33. The standard InChI is InChI=1S/C28H19BrN2O5/c29-17-7-5-16(6-8-17)26(32)25-23-22(24-19-4-2-1-3-15(19)11-12-30(24)25)27(33)31(28(23)34)18-9-10-20-21(13-18)36-14-35-20/h1-13,22-25H,14H2/t22-,23-,24-,25+/m1/s1. The second kappa shape index (κ2) is 7.80. The third kappa shape index (κ3) is 2.94. The highest BCUT2D eigenvalue weighted by atomic mass is 79.9. The minimum Gasteiger partial charge on any atom is -0.454 e. The van der Waals surface area contributed by atoms with Crippen molar-refractivity contribution in [3.8, 4) is 11.5 Å². The topological polar surface area (TPSA) is 76.1 Å². The number of hydrogen-bond acceptors (Lipinski definition) is 6. The lowest BCUT2D eigenvalue weighted by atomic mass is 9.83. The van der Waals surface area contributed by atoms with Gasteiger partial charge in [-0.2, -0.15) is 0 Å². The van der Waals surface area contributed by atoms with Gasteiger partial charge in [0.25, 0.3) is 0 Å². The van der Waals surface area contributed by atoms with Gasteiger partial charge in [-0.3, -0.25) is 14.4 Å². The number of anilines is 1. The van der Waals surface area contributed by atoms with E-state index >= 15 is 0 Å². The largest absolute Gasteiger partial charge is 0.454 e. The first kappa shape index (κ1) is 21.4. The predicted octanol–water partition coefficient (Wildman–Crippen LogP) is 4.58. The molecule has 4 aliphatic rings. The van der Waals surface area contributed by atoms with Gasteiger partial charge < -0.3 is 14.4 Å². The summed E-state index contributed by atoms with van der Waals surface area (Å²) in [7, 11) is 0. The maximum absolute atomic E-state index is 14.0. The van der Waals surface area contributed by atoms with Crippen LogP contribution in [0.1, 0.15) is 27.5 Å². The number of hydrogen-bond donors (Lipinski definition) is 0. The molecule has 2 amide bonds. The summed E-state index contributed by atoms with van der Waals surface area (Å²) in [6, 6.07) is 18.7. The molecule has 36 heavy (non-hydrogen) atoms. The molecule has 0 N–H and O–H groups in total. The number of imide groups is 1. The number of benzene rings is 3. The van der Waals surface area contributed by atoms with E-state index in [2.05, 4.69) is 15.9 Å². The van der Waals surface area contributed by atoms with Crippen LogP contribution >= 0.6 is 15.9 Å². The molecule has 178 valence electrons. The number of Topliss-reactive ketones (excluding diaryl/α,β-unsaturated/α-hetero) is 1. The Kier molecular flexibility index (Phi) is 4.63. The minimum absolute atomic E-state index is 0.0931. The highest BCUT2D eigenvalue weighted by Gasteiger charge is 2.64. The number of nitrogens with zero attached hydrogens (tertiary/aromatic N) is 2. The number of carbonyl (C=O) groups is 3. The van der Waals surface area contributed by atoms with Crippen LogP contribution in [-0.2, 0) is 9.59 Å². The zero-order valence-corrected chi connectivity index (χ0v) is 20.4. The highest BCUT2D eigenvalue weighted by Crippen LogP contribution is 2.54. The third-order valence-corrected chi connectivity index (χ3v) is 8.00. The Labute approximate surface area is 215 Å². The predicted molar refractivity (Wildman–Crippen MR) is 134 cm³/mol. The van der Waals surface area contributed by atoms with Crippen LogP contribution in [0.4, 0.5) is 5.69 Å². The van der Waals surface area contributed by atoms with Crippen LogP contribution in [0.3, 0.4) is 0 Å². The summed E-state index contributed by atoms with van der Waals surface area (Å²) < 4.78 is 11.7. The highest BCUT2D eigenvalue weighted by molar-refractivity contribution is 9.10. The number of halogens is 1. The van der Waals surface area contributed by atoms with Crippen molar-refractivity contribution in [3.63, 3.8) is 0 Å². The van der Waals surface area contributed by atoms with E-state index in [-0.39, 0.29) is 24.4 Å². The molecule has 0 aromatic heterocycles. The molecule has 3 aromatic carbocycles. The number of rotatable bonds is 3. The van der Waals surface area contributed by atoms with E-state index in [1.54, 1.807) is 42.5 Å². The first-order valence-electron chi connectivity index (χ1n) is 11.6. The van der Waals surface area contributed by atoms with E-state index in [9.17, 15) is 14.4 Å². The second-order valence-corrected chi connectivity index (χ2v) is 10.2. The summed E-state index contributed by atoms with van der Waals surface area (Å²) in [4.78, 5) is 45.0. The van der Waals surface area contributed by atoms with Crippen molar-refractivity contribution < 1.29 is 23.9 Å². The van der Waals surface area contributed by atoms with E-state index < -0.39 is 23.9 Å². The van der Waals surface area contributed by atoms with Crippen LogP contribution in [0.25, 0.3) is 6.08 Å². The summed E-state index contributed by atoms with van der Waals surface area (Å²) in [5, 5.41) is 0. The Morgan fingerprint density at radius 3 is 2.47 bits per heavy atom. The van der Waals surface area contributed by atoms with Crippen LogP contribution in [0, 0.1) is 11.8 Å². The molecule has 7 rings (SSSR count). The molecule has 0 spiro atoms. The van der Waals surface area contributed by atoms with E-state index in [4.69, 9.17) is 9.47 Å².